The van der Waals surface area contributed by atoms with Crippen molar-refractivity contribution in [3.8, 4) is 17.6 Å². The van der Waals surface area contributed by atoms with Crippen LogP contribution in [0, 0.1) is 11.3 Å². The second-order valence-corrected chi connectivity index (χ2v) is 5.56. The van der Waals surface area contributed by atoms with Gasteiger partial charge in [-0.25, -0.2) is 0 Å². The number of nitriles is 1. The Morgan fingerprint density at radius 3 is 2.65 bits per heavy atom. The number of ether oxygens (including phenoxy) is 1. The van der Waals surface area contributed by atoms with Gasteiger partial charge in [0, 0.05) is 12.2 Å². The van der Waals surface area contributed by atoms with E-state index in [1.807, 2.05) is 0 Å². The Labute approximate surface area is 151 Å². The van der Waals surface area contributed by atoms with E-state index >= 15 is 0 Å². The average molecular weight is 353 g/mol. The first-order valence-corrected chi connectivity index (χ1v) is 7.97. The summed E-state index contributed by atoms with van der Waals surface area (Å²) in [6.45, 7) is 1.89. The van der Waals surface area contributed by atoms with Crippen molar-refractivity contribution in [1.82, 2.24) is 5.32 Å². The number of phenols is 1. The molecule has 0 heterocycles. The van der Waals surface area contributed by atoms with Crippen LogP contribution in [0.2, 0.25) is 0 Å². The summed E-state index contributed by atoms with van der Waals surface area (Å²) in [6, 6.07) is 14.9. The quantitative estimate of drug-likeness (QED) is 0.707. The summed E-state index contributed by atoms with van der Waals surface area (Å²) in [4.78, 5) is 23.6. The second kappa shape index (κ2) is 9.08. The van der Waals surface area contributed by atoms with Crippen molar-refractivity contribution in [3.63, 3.8) is 0 Å². The molecule has 2 aromatic carbocycles. The van der Waals surface area contributed by atoms with Crippen LogP contribution in [0.5, 0.6) is 11.5 Å². The zero-order valence-electron chi connectivity index (χ0n) is 14.2. The number of hydrogen-bond donors (Lipinski definition) is 3. The number of benzene rings is 2. The maximum atomic E-state index is 12.3. The summed E-state index contributed by atoms with van der Waals surface area (Å²) in [6.07, 6.45) is -0.929. The van der Waals surface area contributed by atoms with E-state index in [9.17, 15) is 14.7 Å². The topological polar surface area (TPSA) is 111 Å². The van der Waals surface area contributed by atoms with Gasteiger partial charge in [0.25, 0.3) is 5.91 Å². The molecule has 0 radical (unpaired) electrons. The molecule has 134 valence electrons. The monoisotopic (exact) mass is 353 g/mol. The molecule has 2 rings (SSSR count). The highest BCUT2D eigenvalue weighted by Gasteiger charge is 2.15. The highest BCUT2D eigenvalue weighted by molar-refractivity contribution is 5.94. The lowest BCUT2D eigenvalue weighted by Gasteiger charge is -2.15. The molecule has 7 nitrogen and oxygen atoms in total. The third kappa shape index (κ3) is 5.83. The van der Waals surface area contributed by atoms with Gasteiger partial charge in [-0.15, -0.1) is 0 Å². The lowest BCUT2D eigenvalue weighted by atomic mass is 10.2. The summed E-state index contributed by atoms with van der Waals surface area (Å²) < 4.78 is 5.53. The van der Waals surface area contributed by atoms with Crippen molar-refractivity contribution in [2.75, 3.05) is 5.32 Å². The lowest BCUT2D eigenvalue weighted by molar-refractivity contribution is -0.122. The Kier molecular flexibility index (Phi) is 6.57. The Morgan fingerprint density at radius 2 is 1.96 bits per heavy atom. The molecule has 0 aliphatic rings. The van der Waals surface area contributed by atoms with E-state index in [1.165, 1.54) is 12.1 Å². The number of aromatic hydroxyl groups is 1. The molecule has 2 amide bonds. The van der Waals surface area contributed by atoms with E-state index < -0.39 is 6.10 Å². The number of carbonyl (C=O) groups is 2. The highest BCUT2D eigenvalue weighted by Crippen LogP contribution is 2.18. The van der Waals surface area contributed by atoms with Crippen LogP contribution in [-0.2, 0) is 16.1 Å². The Bertz CT molecular complexity index is 812. The van der Waals surface area contributed by atoms with E-state index in [0.29, 0.717) is 11.4 Å². The van der Waals surface area contributed by atoms with E-state index in [-0.39, 0.29) is 30.5 Å². The molecule has 26 heavy (non-hydrogen) atoms. The summed E-state index contributed by atoms with van der Waals surface area (Å²) in [5, 5.41) is 23.1. The van der Waals surface area contributed by atoms with Crippen LogP contribution in [0.25, 0.3) is 0 Å². The van der Waals surface area contributed by atoms with Crippen LogP contribution in [0.3, 0.4) is 0 Å². The molecular weight excluding hydrogens is 334 g/mol. The Hall–Kier alpha value is -3.53. The van der Waals surface area contributed by atoms with Crippen LogP contribution in [0.15, 0.2) is 48.5 Å². The second-order valence-electron chi connectivity index (χ2n) is 5.56. The molecule has 0 spiro atoms. The molecule has 0 saturated carbocycles. The van der Waals surface area contributed by atoms with E-state index in [0.717, 1.165) is 5.56 Å². The number of anilines is 1. The maximum absolute atomic E-state index is 12.3. The van der Waals surface area contributed by atoms with Gasteiger partial charge in [-0.05, 0) is 48.9 Å². The molecule has 2 aromatic rings. The molecule has 1 unspecified atom stereocenters. The lowest BCUT2D eigenvalue weighted by Crippen LogP contribution is -2.30. The van der Waals surface area contributed by atoms with Gasteiger partial charge >= 0.3 is 0 Å². The largest absolute Gasteiger partial charge is 0.508 e. The zero-order valence-corrected chi connectivity index (χ0v) is 14.2. The number of nitrogens with zero attached hydrogens (tertiary/aromatic N) is 1. The molecule has 0 fully saturated rings. The van der Waals surface area contributed by atoms with Gasteiger partial charge in [0.15, 0.2) is 6.10 Å². The number of rotatable bonds is 7. The molecule has 0 aliphatic heterocycles. The van der Waals surface area contributed by atoms with Crippen LogP contribution < -0.4 is 15.4 Å². The molecule has 0 bridgehead atoms. The third-order valence-electron chi connectivity index (χ3n) is 3.44. The van der Waals surface area contributed by atoms with Crippen molar-refractivity contribution in [3.05, 3.63) is 54.1 Å². The predicted molar refractivity (Wildman–Crippen MR) is 95.3 cm³/mol. The van der Waals surface area contributed by atoms with Gasteiger partial charge < -0.3 is 20.5 Å². The number of hydrogen-bond acceptors (Lipinski definition) is 5. The molecule has 0 saturated heterocycles. The summed E-state index contributed by atoms with van der Waals surface area (Å²) in [7, 11) is 0. The van der Waals surface area contributed by atoms with Crippen molar-refractivity contribution >= 4 is 17.5 Å². The first kappa shape index (κ1) is 18.8. The standard InChI is InChI=1S/C19H19N3O4/c1-13(26-17-7-5-16(23)6-8-17)19(25)22-15-4-2-3-14(11-15)12-21-18(24)9-10-20/h2-8,11,13,23H,9,12H2,1H3,(H,21,24)(H,22,25). The molecule has 3 N–H and O–H groups in total. The Morgan fingerprint density at radius 1 is 1.23 bits per heavy atom. The minimum atomic E-state index is -0.737. The fourth-order valence-corrected chi connectivity index (χ4v) is 2.12. The minimum Gasteiger partial charge on any atom is -0.508 e. The smallest absolute Gasteiger partial charge is 0.265 e. The van der Waals surface area contributed by atoms with E-state index in [2.05, 4.69) is 10.6 Å². The fourth-order valence-electron chi connectivity index (χ4n) is 2.12. The SMILES string of the molecule is CC(Oc1ccc(O)cc1)C(=O)Nc1cccc(CNC(=O)CC#N)c1. The number of amides is 2. The van der Waals surface area contributed by atoms with Gasteiger partial charge in [-0.2, -0.15) is 5.26 Å². The molecule has 0 aliphatic carbocycles. The van der Waals surface area contributed by atoms with Gasteiger partial charge in [0.2, 0.25) is 5.91 Å². The van der Waals surface area contributed by atoms with Crippen LogP contribution in [0.4, 0.5) is 5.69 Å². The summed E-state index contributed by atoms with van der Waals surface area (Å²) >= 11 is 0. The molecule has 1 atom stereocenters. The maximum Gasteiger partial charge on any atom is 0.265 e. The number of phenolic OH excluding ortho intramolecular Hbond substituents is 1. The Balaban J connectivity index is 1.91. The van der Waals surface area contributed by atoms with E-state index in [1.54, 1.807) is 49.4 Å². The first-order valence-electron chi connectivity index (χ1n) is 7.97. The van der Waals surface area contributed by atoms with E-state index in [4.69, 9.17) is 10.00 Å². The summed E-state index contributed by atoms with van der Waals surface area (Å²) in [5.41, 5.74) is 1.37. The van der Waals surface area contributed by atoms with Gasteiger partial charge in [0.05, 0.1) is 6.07 Å². The predicted octanol–water partition coefficient (Wildman–Crippen LogP) is 2.33. The third-order valence-corrected chi connectivity index (χ3v) is 3.44. The fraction of sp³-hybridized carbons (Fsp3) is 0.211. The number of nitrogens with one attached hydrogen (secondary N) is 2. The highest BCUT2D eigenvalue weighted by atomic mass is 16.5. The van der Waals surface area contributed by atoms with Crippen molar-refractivity contribution in [1.29, 1.82) is 5.26 Å². The normalized spacial score (nSPS) is 11.1. The first-order chi connectivity index (χ1) is 12.5. The summed E-state index contributed by atoms with van der Waals surface area (Å²) in [5.74, 6) is -0.0888. The van der Waals surface area contributed by atoms with Gasteiger partial charge in [-0.1, -0.05) is 12.1 Å². The van der Waals surface area contributed by atoms with Crippen LogP contribution in [-0.4, -0.2) is 23.0 Å². The van der Waals surface area contributed by atoms with Crippen LogP contribution in [0.1, 0.15) is 18.9 Å². The average Bonchev–Trinajstić information content (AvgIpc) is 2.62. The number of carbonyl (C=O) groups excluding carboxylic acids is 2. The van der Waals surface area contributed by atoms with Crippen molar-refractivity contribution in [2.24, 2.45) is 0 Å². The van der Waals surface area contributed by atoms with Crippen molar-refractivity contribution < 1.29 is 19.4 Å². The van der Waals surface area contributed by atoms with Gasteiger partial charge in [-0.3, -0.25) is 9.59 Å². The van der Waals surface area contributed by atoms with Crippen LogP contribution >= 0.6 is 0 Å². The van der Waals surface area contributed by atoms with Crippen molar-refractivity contribution in [2.45, 2.75) is 26.0 Å². The van der Waals surface area contributed by atoms with Gasteiger partial charge in [0.1, 0.15) is 17.9 Å². The molecule has 7 heteroatoms. The molecular formula is C19H19N3O4. The minimum absolute atomic E-state index is 0.119. The zero-order chi connectivity index (χ0) is 18.9. The molecule has 0 aromatic heterocycles.